The highest BCUT2D eigenvalue weighted by atomic mass is 16.5. The minimum absolute atomic E-state index is 0.00550. The molecule has 39 heavy (non-hydrogen) atoms. The first-order valence-electron chi connectivity index (χ1n) is 17.4. The van der Waals surface area contributed by atoms with Crippen molar-refractivity contribution in [3.63, 3.8) is 0 Å². The summed E-state index contributed by atoms with van der Waals surface area (Å²) >= 11 is 0. The van der Waals surface area contributed by atoms with E-state index in [-0.39, 0.29) is 17.9 Å². The van der Waals surface area contributed by atoms with Gasteiger partial charge < -0.3 is 9.47 Å². The van der Waals surface area contributed by atoms with Gasteiger partial charge in [-0.15, -0.1) is 0 Å². The molecule has 0 rings (SSSR count). The normalized spacial score (nSPS) is 12.8. The highest BCUT2D eigenvalue weighted by molar-refractivity contribution is 5.72. The fraction of sp³-hybridized carbons (Fsp3) is 0.943. The maximum absolute atomic E-state index is 12.6. The van der Waals surface area contributed by atoms with Gasteiger partial charge in [-0.3, -0.25) is 9.59 Å². The molecule has 4 nitrogen and oxygen atoms in total. The minimum atomic E-state index is -0.00550. The van der Waals surface area contributed by atoms with Crippen LogP contribution in [0.15, 0.2) is 0 Å². The second-order valence-corrected chi connectivity index (χ2v) is 11.8. The summed E-state index contributed by atoms with van der Waals surface area (Å²) in [5.74, 6) is 0.596. The van der Waals surface area contributed by atoms with Crippen LogP contribution >= 0.6 is 0 Å². The number of hydrogen-bond acceptors (Lipinski definition) is 4. The zero-order valence-corrected chi connectivity index (χ0v) is 26.9. The van der Waals surface area contributed by atoms with Crippen molar-refractivity contribution in [3.05, 3.63) is 0 Å². The largest absolute Gasteiger partial charge is 0.466 e. The first-order chi connectivity index (χ1) is 19.1. The maximum Gasteiger partial charge on any atom is 0.309 e. The van der Waals surface area contributed by atoms with Gasteiger partial charge >= 0.3 is 11.9 Å². The quantitative estimate of drug-likeness (QED) is 0.0656. The summed E-state index contributed by atoms with van der Waals surface area (Å²) in [5, 5.41) is 0. The number of carbonyl (C=O) groups excluding carboxylic acids is 2. The first-order valence-corrected chi connectivity index (χ1v) is 17.4. The Morgan fingerprint density at radius 2 is 0.923 bits per heavy atom. The van der Waals surface area contributed by atoms with Crippen molar-refractivity contribution in [3.8, 4) is 0 Å². The minimum Gasteiger partial charge on any atom is -0.466 e. The molecule has 0 aliphatic heterocycles. The van der Waals surface area contributed by atoms with E-state index in [0.717, 1.165) is 44.9 Å². The lowest BCUT2D eigenvalue weighted by Crippen LogP contribution is -2.25. The van der Waals surface area contributed by atoms with Gasteiger partial charge in [0.1, 0.15) is 0 Å². The Morgan fingerprint density at radius 1 is 0.487 bits per heavy atom. The van der Waals surface area contributed by atoms with Gasteiger partial charge in [0.15, 0.2) is 0 Å². The van der Waals surface area contributed by atoms with Gasteiger partial charge in [-0.05, 0) is 38.0 Å². The molecular weight excluding hydrogens is 484 g/mol. The molecule has 0 aliphatic rings. The SMILES string of the molecule is CCCCCCCOC(=O)CCCCCCCCCCCCCC(CC)C(CC)C(=O)OCCCCCCC. The summed E-state index contributed by atoms with van der Waals surface area (Å²) in [6, 6.07) is 0. The Kier molecular flexibility index (Phi) is 29.1. The van der Waals surface area contributed by atoms with Gasteiger partial charge in [0.2, 0.25) is 0 Å². The van der Waals surface area contributed by atoms with Crippen LogP contribution in [0, 0.1) is 11.8 Å². The predicted octanol–water partition coefficient (Wildman–Crippen LogP) is 11.1. The summed E-state index contributed by atoms with van der Waals surface area (Å²) in [5.41, 5.74) is 0. The van der Waals surface area contributed by atoms with Gasteiger partial charge in [0.05, 0.1) is 19.1 Å². The monoisotopic (exact) mass is 553 g/mol. The maximum atomic E-state index is 12.6. The van der Waals surface area contributed by atoms with E-state index in [9.17, 15) is 9.59 Å². The third kappa shape index (κ3) is 24.5. The lowest BCUT2D eigenvalue weighted by Gasteiger charge is -2.23. The van der Waals surface area contributed by atoms with E-state index < -0.39 is 0 Å². The lowest BCUT2D eigenvalue weighted by molar-refractivity contribution is -0.151. The van der Waals surface area contributed by atoms with Crippen molar-refractivity contribution in [2.45, 2.75) is 188 Å². The number of rotatable bonds is 30. The second kappa shape index (κ2) is 29.9. The average molecular weight is 553 g/mol. The van der Waals surface area contributed by atoms with Gasteiger partial charge in [0.25, 0.3) is 0 Å². The lowest BCUT2D eigenvalue weighted by atomic mass is 9.84. The van der Waals surface area contributed by atoms with Crippen LogP contribution in [0.4, 0.5) is 0 Å². The van der Waals surface area contributed by atoms with E-state index in [1.807, 2.05) is 0 Å². The smallest absolute Gasteiger partial charge is 0.309 e. The van der Waals surface area contributed by atoms with E-state index >= 15 is 0 Å². The molecule has 0 aliphatic carbocycles. The topological polar surface area (TPSA) is 52.6 Å². The third-order valence-electron chi connectivity index (χ3n) is 8.29. The molecule has 0 aromatic heterocycles. The van der Waals surface area contributed by atoms with E-state index in [2.05, 4.69) is 27.7 Å². The Hall–Kier alpha value is -1.06. The van der Waals surface area contributed by atoms with E-state index in [4.69, 9.17) is 9.47 Å². The van der Waals surface area contributed by atoms with Crippen molar-refractivity contribution >= 4 is 11.9 Å². The second-order valence-electron chi connectivity index (χ2n) is 11.8. The van der Waals surface area contributed by atoms with E-state index in [0.29, 0.717) is 25.6 Å². The summed E-state index contributed by atoms with van der Waals surface area (Å²) < 4.78 is 11.0. The van der Waals surface area contributed by atoms with Crippen molar-refractivity contribution in [2.24, 2.45) is 11.8 Å². The number of ether oxygens (including phenoxy) is 2. The molecular formula is C35H68O4. The van der Waals surface area contributed by atoms with Gasteiger partial charge in [0, 0.05) is 6.42 Å². The standard InChI is InChI=1S/C35H68O4/c1-5-9-11-22-26-30-38-34(36)29-25-21-19-17-15-13-14-16-18-20-24-28-32(7-3)33(8-4)35(37)39-31-27-23-12-10-6-2/h32-33H,5-31H2,1-4H3. The Balaban J connectivity index is 3.62. The van der Waals surface area contributed by atoms with Crippen LogP contribution in [-0.2, 0) is 19.1 Å². The van der Waals surface area contributed by atoms with Crippen molar-refractivity contribution < 1.29 is 19.1 Å². The van der Waals surface area contributed by atoms with Crippen LogP contribution in [0.2, 0.25) is 0 Å². The Labute approximate surface area is 244 Å². The van der Waals surface area contributed by atoms with Crippen molar-refractivity contribution in [1.29, 1.82) is 0 Å². The molecule has 0 radical (unpaired) electrons. The molecule has 0 N–H and O–H groups in total. The molecule has 232 valence electrons. The zero-order valence-electron chi connectivity index (χ0n) is 26.9. The molecule has 0 aromatic carbocycles. The van der Waals surface area contributed by atoms with Gasteiger partial charge in [-0.25, -0.2) is 0 Å². The molecule has 4 heteroatoms. The van der Waals surface area contributed by atoms with Crippen LogP contribution in [0.1, 0.15) is 188 Å². The third-order valence-corrected chi connectivity index (χ3v) is 8.29. The number of unbranched alkanes of at least 4 members (excludes halogenated alkanes) is 18. The Morgan fingerprint density at radius 3 is 1.41 bits per heavy atom. The number of esters is 2. The first kappa shape index (κ1) is 37.9. The highest BCUT2D eigenvalue weighted by Crippen LogP contribution is 2.27. The molecule has 0 saturated heterocycles. The van der Waals surface area contributed by atoms with Gasteiger partial charge in [-0.1, -0.05) is 150 Å². The molecule has 2 unspecified atom stereocenters. The molecule has 0 saturated carbocycles. The van der Waals surface area contributed by atoms with E-state index in [1.54, 1.807) is 0 Å². The molecule has 0 aromatic rings. The highest BCUT2D eigenvalue weighted by Gasteiger charge is 2.26. The summed E-state index contributed by atoms with van der Waals surface area (Å²) in [6.07, 6.45) is 29.5. The molecule has 0 spiro atoms. The molecule has 0 fully saturated rings. The summed E-state index contributed by atoms with van der Waals surface area (Å²) in [4.78, 5) is 24.4. The van der Waals surface area contributed by atoms with Crippen LogP contribution in [-0.4, -0.2) is 25.2 Å². The molecule has 2 atom stereocenters. The molecule has 0 heterocycles. The average Bonchev–Trinajstić information content (AvgIpc) is 2.94. The summed E-state index contributed by atoms with van der Waals surface area (Å²) in [6.45, 7) is 10.0. The van der Waals surface area contributed by atoms with E-state index in [1.165, 1.54) is 109 Å². The molecule has 0 amide bonds. The zero-order chi connectivity index (χ0) is 28.8. The number of carbonyl (C=O) groups is 2. The van der Waals surface area contributed by atoms with Crippen LogP contribution in [0.3, 0.4) is 0 Å². The fourth-order valence-corrected chi connectivity index (χ4v) is 5.60. The Bertz CT molecular complexity index is 533. The van der Waals surface area contributed by atoms with Crippen LogP contribution in [0.5, 0.6) is 0 Å². The fourth-order valence-electron chi connectivity index (χ4n) is 5.60. The van der Waals surface area contributed by atoms with Crippen LogP contribution < -0.4 is 0 Å². The summed E-state index contributed by atoms with van der Waals surface area (Å²) in [7, 11) is 0. The molecule has 0 bridgehead atoms. The number of hydrogen-bond donors (Lipinski definition) is 0. The van der Waals surface area contributed by atoms with Gasteiger partial charge in [-0.2, -0.15) is 0 Å². The van der Waals surface area contributed by atoms with Crippen molar-refractivity contribution in [1.82, 2.24) is 0 Å². The van der Waals surface area contributed by atoms with Crippen LogP contribution in [0.25, 0.3) is 0 Å². The van der Waals surface area contributed by atoms with Crippen molar-refractivity contribution in [2.75, 3.05) is 13.2 Å². The predicted molar refractivity (Wildman–Crippen MR) is 167 cm³/mol.